The highest BCUT2D eigenvalue weighted by molar-refractivity contribution is 5.99. The Morgan fingerprint density at radius 1 is 0.898 bits per heavy atom. The van der Waals surface area contributed by atoms with Crippen molar-refractivity contribution < 1.29 is 18.4 Å². The van der Waals surface area contributed by atoms with Crippen molar-refractivity contribution in [1.82, 2.24) is 29.2 Å². The Hall–Kier alpha value is -5.82. The van der Waals surface area contributed by atoms with Gasteiger partial charge >= 0.3 is 5.76 Å². The third-order valence-corrected chi connectivity index (χ3v) is 13.5. The fraction of sp³-hybridized carbons (Fsp3) is 0.413. The van der Waals surface area contributed by atoms with Crippen molar-refractivity contribution in [1.29, 1.82) is 0 Å². The summed E-state index contributed by atoms with van der Waals surface area (Å²) in [5.74, 6) is 0.608. The summed E-state index contributed by atoms with van der Waals surface area (Å²) < 4.78 is 29.3. The van der Waals surface area contributed by atoms with Crippen molar-refractivity contribution >= 4 is 22.8 Å². The molecule has 3 aliphatic heterocycles. The number of fused-ring (bicyclic) bond motifs is 2. The molecule has 1 amide bonds. The highest BCUT2D eigenvalue weighted by atomic mass is 19.1. The van der Waals surface area contributed by atoms with Crippen molar-refractivity contribution in [2.45, 2.75) is 83.2 Å². The molecule has 13 heteroatoms. The topological polar surface area (TPSA) is 131 Å². The van der Waals surface area contributed by atoms with E-state index in [0.29, 0.717) is 89.9 Å². The second kappa shape index (κ2) is 14.5. The second-order valence-electron chi connectivity index (χ2n) is 17.1. The van der Waals surface area contributed by atoms with E-state index in [1.54, 1.807) is 35.4 Å². The third kappa shape index (κ3) is 6.32. The smallest absolute Gasteiger partial charge is 0.381 e. The predicted molar refractivity (Wildman–Crippen MR) is 221 cm³/mol. The molecule has 6 aromatic rings. The molecule has 6 heterocycles. The standard InChI is InChI=1S/C46H48FN7O5/c1-27-21-35(22-28(2)40(27)47)53-41(55)36-13-18-52(26-37(36)48-44(53)51-16-11-31(12-17-51)30-7-5-4-6-8-30)42(56)39-24-34-23-33(32-14-19-58-20-15-32)9-10-38(34)54(39)46(25-29(46)3)43-49-45(57)59-50-43/h4-10,21-24,29,31-32H,11-20,25-26H2,1-3H3,(H,49,50,57)/t29-,46+/m1/s1. The van der Waals surface area contributed by atoms with E-state index in [1.807, 2.05) is 12.1 Å². The van der Waals surface area contributed by atoms with E-state index >= 15 is 4.79 Å². The largest absolute Gasteiger partial charge is 0.438 e. The number of aromatic amines is 1. The molecule has 2 saturated heterocycles. The van der Waals surface area contributed by atoms with Gasteiger partial charge in [0, 0.05) is 49.3 Å². The summed E-state index contributed by atoms with van der Waals surface area (Å²) in [6.07, 6.45) is 4.64. The zero-order chi connectivity index (χ0) is 40.6. The number of amides is 1. The highest BCUT2D eigenvalue weighted by Crippen LogP contribution is 2.56. The van der Waals surface area contributed by atoms with Gasteiger partial charge in [-0.15, -0.1) is 0 Å². The van der Waals surface area contributed by atoms with Crippen molar-refractivity contribution in [2.75, 3.05) is 37.7 Å². The van der Waals surface area contributed by atoms with Crippen molar-refractivity contribution in [3.05, 3.63) is 138 Å². The van der Waals surface area contributed by atoms with Crippen LogP contribution in [0.2, 0.25) is 0 Å². The lowest BCUT2D eigenvalue weighted by Crippen LogP contribution is -2.44. The highest BCUT2D eigenvalue weighted by Gasteiger charge is 2.59. The molecule has 1 N–H and O–H groups in total. The van der Waals surface area contributed by atoms with Gasteiger partial charge in [0.25, 0.3) is 11.5 Å². The van der Waals surface area contributed by atoms with Gasteiger partial charge in [-0.2, -0.15) is 0 Å². The fourth-order valence-corrected chi connectivity index (χ4v) is 10.1. The lowest BCUT2D eigenvalue weighted by Gasteiger charge is -2.36. The Balaban J connectivity index is 1.04. The fourth-order valence-electron chi connectivity index (χ4n) is 10.1. The molecular formula is C46H48FN7O5. The maximum atomic E-state index is 15.1. The molecular weight excluding hydrogens is 750 g/mol. The molecule has 0 bridgehead atoms. The molecule has 12 nitrogen and oxygen atoms in total. The number of nitrogens with one attached hydrogen (secondary N) is 1. The number of benzene rings is 3. The summed E-state index contributed by atoms with van der Waals surface area (Å²) in [5, 5.41) is 5.09. The third-order valence-electron chi connectivity index (χ3n) is 13.5. The first-order valence-corrected chi connectivity index (χ1v) is 20.9. The van der Waals surface area contributed by atoms with Gasteiger partial charge in [0.05, 0.1) is 17.9 Å². The van der Waals surface area contributed by atoms with Crippen LogP contribution < -0.4 is 16.2 Å². The summed E-state index contributed by atoms with van der Waals surface area (Å²) in [4.78, 5) is 54.1. The van der Waals surface area contributed by atoms with Crippen LogP contribution in [0.3, 0.4) is 0 Å². The number of aromatic nitrogens is 5. The summed E-state index contributed by atoms with van der Waals surface area (Å²) in [7, 11) is 0. The molecule has 3 aromatic heterocycles. The number of halogens is 1. The average Bonchev–Trinajstić information content (AvgIpc) is 3.53. The first-order chi connectivity index (χ1) is 28.6. The molecule has 0 unspecified atom stereocenters. The molecule has 1 aliphatic carbocycles. The molecule has 2 atom stereocenters. The number of H-pyrrole nitrogens is 1. The Bertz CT molecular complexity index is 2700. The number of anilines is 1. The Morgan fingerprint density at radius 3 is 2.29 bits per heavy atom. The van der Waals surface area contributed by atoms with Gasteiger partial charge in [0.1, 0.15) is 17.1 Å². The van der Waals surface area contributed by atoms with Gasteiger partial charge in [-0.1, -0.05) is 48.5 Å². The van der Waals surface area contributed by atoms with Gasteiger partial charge in [0.15, 0.2) is 5.82 Å². The zero-order valence-electron chi connectivity index (χ0n) is 33.7. The number of rotatable bonds is 7. The first-order valence-electron chi connectivity index (χ1n) is 20.9. The predicted octanol–water partition coefficient (Wildman–Crippen LogP) is 6.88. The molecule has 1 saturated carbocycles. The molecule has 4 aliphatic rings. The number of carbonyl (C=O) groups excluding carboxylic acids is 1. The lowest BCUT2D eigenvalue weighted by molar-refractivity contribution is 0.0717. The van der Waals surface area contributed by atoms with Gasteiger partial charge < -0.3 is 19.1 Å². The number of piperidine rings is 1. The van der Waals surface area contributed by atoms with Gasteiger partial charge in [-0.05, 0) is 123 Å². The number of hydrogen-bond acceptors (Lipinski definition) is 8. The van der Waals surface area contributed by atoms with Crippen LogP contribution in [0.25, 0.3) is 16.6 Å². The summed E-state index contributed by atoms with van der Waals surface area (Å²) in [5.41, 5.74) is 5.54. The molecule has 59 heavy (non-hydrogen) atoms. The monoisotopic (exact) mass is 797 g/mol. The van der Waals surface area contributed by atoms with Crippen LogP contribution in [0.4, 0.5) is 10.3 Å². The zero-order valence-corrected chi connectivity index (χ0v) is 33.7. The van der Waals surface area contributed by atoms with Crippen molar-refractivity contribution in [3.8, 4) is 5.69 Å². The van der Waals surface area contributed by atoms with E-state index in [1.165, 1.54) is 11.1 Å². The number of hydrogen-bond donors (Lipinski definition) is 1. The molecule has 3 aromatic carbocycles. The number of aryl methyl sites for hydroxylation is 2. The van der Waals surface area contributed by atoms with Crippen LogP contribution in [0.15, 0.2) is 80.8 Å². The van der Waals surface area contributed by atoms with E-state index in [0.717, 1.165) is 49.8 Å². The molecule has 304 valence electrons. The van der Waals surface area contributed by atoms with E-state index in [-0.39, 0.29) is 29.7 Å². The average molecular weight is 798 g/mol. The van der Waals surface area contributed by atoms with E-state index in [9.17, 15) is 14.0 Å². The minimum absolute atomic E-state index is 0.0649. The summed E-state index contributed by atoms with van der Waals surface area (Å²) in [6.45, 7) is 8.80. The molecule has 10 rings (SSSR count). The number of ether oxygens (including phenoxy) is 1. The first kappa shape index (κ1) is 37.5. The van der Waals surface area contributed by atoms with E-state index < -0.39 is 11.3 Å². The normalized spacial score (nSPS) is 21.3. The van der Waals surface area contributed by atoms with E-state index in [2.05, 4.69) is 69.0 Å². The summed E-state index contributed by atoms with van der Waals surface area (Å²) in [6, 6.07) is 22.3. The van der Waals surface area contributed by atoms with Crippen LogP contribution in [-0.4, -0.2) is 67.9 Å². The maximum Gasteiger partial charge on any atom is 0.438 e. The summed E-state index contributed by atoms with van der Waals surface area (Å²) >= 11 is 0. The number of nitrogens with zero attached hydrogens (tertiary/aromatic N) is 6. The van der Waals surface area contributed by atoms with Crippen LogP contribution in [0.5, 0.6) is 0 Å². The quantitative estimate of drug-likeness (QED) is 0.185. The van der Waals surface area contributed by atoms with Crippen molar-refractivity contribution in [3.63, 3.8) is 0 Å². The van der Waals surface area contributed by atoms with Gasteiger partial charge in [-0.25, -0.2) is 18.7 Å². The SMILES string of the molecule is Cc1cc(-n2c(N3CCC(c4ccccc4)CC3)nc3c(c2=O)CCN(C(=O)c2cc4cc(C5CCOCC5)ccc4n2[C@@]2(c4noc(=O)[nH]4)C[C@H]2C)C3)cc(C)c1F. The molecule has 0 spiro atoms. The Labute approximate surface area is 340 Å². The Kier molecular flexibility index (Phi) is 9.19. The minimum Gasteiger partial charge on any atom is -0.381 e. The van der Waals surface area contributed by atoms with E-state index in [4.69, 9.17) is 14.2 Å². The van der Waals surface area contributed by atoms with Crippen molar-refractivity contribution in [2.24, 2.45) is 5.92 Å². The lowest BCUT2D eigenvalue weighted by atomic mass is 9.89. The Morgan fingerprint density at radius 2 is 1.61 bits per heavy atom. The van der Waals surface area contributed by atoms with Gasteiger partial charge in [-0.3, -0.25) is 19.1 Å². The maximum absolute atomic E-state index is 15.1. The van der Waals surface area contributed by atoms with Crippen LogP contribution in [0.1, 0.15) is 101 Å². The van der Waals surface area contributed by atoms with Crippen LogP contribution in [0, 0.1) is 25.6 Å². The van der Waals surface area contributed by atoms with Crippen LogP contribution >= 0.6 is 0 Å². The van der Waals surface area contributed by atoms with Crippen LogP contribution in [-0.2, 0) is 23.2 Å². The molecule has 3 fully saturated rings. The number of carbonyl (C=O) groups is 1. The second-order valence-corrected chi connectivity index (χ2v) is 17.1. The van der Waals surface area contributed by atoms with Gasteiger partial charge in [0.2, 0.25) is 5.95 Å². The minimum atomic E-state index is -0.775. The molecule has 0 radical (unpaired) electrons.